The first-order valence-electron chi connectivity index (χ1n) is 10.0. The van der Waals surface area contributed by atoms with E-state index in [-0.39, 0.29) is 12.0 Å². The van der Waals surface area contributed by atoms with E-state index in [1.165, 1.54) is 16.9 Å². The number of para-hydroxylation sites is 1. The number of ether oxygens (including phenoxy) is 3. The molecule has 30 heavy (non-hydrogen) atoms. The molecule has 1 aromatic heterocycles. The summed E-state index contributed by atoms with van der Waals surface area (Å²) in [5.41, 5.74) is 3.67. The van der Waals surface area contributed by atoms with Crippen LogP contribution in [0.1, 0.15) is 34.3 Å². The second-order valence-electron chi connectivity index (χ2n) is 7.52. The van der Waals surface area contributed by atoms with Crippen LogP contribution in [-0.2, 0) is 4.74 Å². The molecule has 1 fully saturated rings. The average Bonchev–Trinajstić information content (AvgIpc) is 3.40. The molecule has 4 rings (SSSR count). The van der Waals surface area contributed by atoms with Crippen molar-refractivity contribution in [2.75, 3.05) is 32.3 Å². The maximum absolute atomic E-state index is 13.7. The molecule has 0 spiro atoms. The minimum absolute atomic E-state index is 0.000369. The minimum atomic E-state index is -0.172. The topological polar surface area (TPSA) is 60.9 Å². The summed E-state index contributed by atoms with van der Waals surface area (Å²) in [6.45, 7) is 5.31. The summed E-state index contributed by atoms with van der Waals surface area (Å²) in [5, 5.41) is 0.670. The molecule has 0 radical (unpaired) electrons. The van der Waals surface area contributed by atoms with Gasteiger partial charge in [0.2, 0.25) is 0 Å². The number of aromatic nitrogens is 1. The average molecular weight is 427 g/mol. The summed E-state index contributed by atoms with van der Waals surface area (Å²) in [7, 11) is 3.11. The molecular formula is C23H26N2O4S. The summed E-state index contributed by atoms with van der Waals surface area (Å²) < 4.78 is 17.8. The molecule has 0 saturated carbocycles. The standard InChI is InChI=1S/C23H26N2O4S/c1-14-11-15(2)20-19(12-14)30-23(24-20)25(13-16-7-6-10-29-16)22(26)17-8-5-9-18(27-3)21(17)28-4/h5,8-9,11-12,16H,6-7,10,13H2,1-4H3. The van der Waals surface area contributed by atoms with Crippen molar-refractivity contribution in [1.82, 2.24) is 4.98 Å². The highest BCUT2D eigenvalue weighted by Crippen LogP contribution is 2.36. The fraction of sp³-hybridized carbons (Fsp3) is 0.391. The van der Waals surface area contributed by atoms with Crippen molar-refractivity contribution in [2.45, 2.75) is 32.8 Å². The fourth-order valence-corrected chi connectivity index (χ4v) is 5.06. The number of anilines is 1. The molecule has 1 amide bonds. The minimum Gasteiger partial charge on any atom is -0.493 e. The number of methoxy groups -OCH3 is 2. The molecule has 3 aromatic rings. The summed E-state index contributed by atoms with van der Waals surface area (Å²) in [4.78, 5) is 20.3. The van der Waals surface area contributed by atoms with Crippen molar-refractivity contribution < 1.29 is 19.0 Å². The number of hydrogen-bond donors (Lipinski definition) is 0. The Labute approximate surface area is 180 Å². The maximum Gasteiger partial charge on any atom is 0.264 e. The Hall–Kier alpha value is -2.64. The van der Waals surface area contributed by atoms with E-state index < -0.39 is 0 Å². The zero-order valence-electron chi connectivity index (χ0n) is 17.7. The molecule has 0 N–H and O–H groups in total. The molecule has 2 heterocycles. The lowest BCUT2D eigenvalue weighted by Crippen LogP contribution is -2.37. The van der Waals surface area contributed by atoms with Gasteiger partial charge in [-0.3, -0.25) is 9.69 Å². The van der Waals surface area contributed by atoms with Gasteiger partial charge in [0.15, 0.2) is 16.6 Å². The molecule has 158 valence electrons. The van der Waals surface area contributed by atoms with Gasteiger partial charge in [-0.15, -0.1) is 0 Å². The number of rotatable bonds is 6. The molecular weight excluding hydrogens is 400 g/mol. The van der Waals surface area contributed by atoms with E-state index in [9.17, 15) is 4.79 Å². The largest absolute Gasteiger partial charge is 0.493 e. The van der Waals surface area contributed by atoms with Crippen LogP contribution in [0, 0.1) is 13.8 Å². The van der Waals surface area contributed by atoms with Crippen LogP contribution in [0.2, 0.25) is 0 Å². The molecule has 1 aliphatic heterocycles. The lowest BCUT2D eigenvalue weighted by atomic mass is 10.1. The van der Waals surface area contributed by atoms with E-state index in [0.717, 1.165) is 35.2 Å². The van der Waals surface area contributed by atoms with Crippen LogP contribution in [0.15, 0.2) is 30.3 Å². The van der Waals surface area contributed by atoms with Crippen LogP contribution >= 0.6 is 11.3 Å². The predicted molar refractivity (Wildman–Crippen MR) is 119 cm³/mol. The van der Waals surface area contributed by atoms with Gasteiger partial charge in [0, 0.05) is 6.61 Å². The lowest BCUT2D eigenvalue weighted by Gasteiger charge is -2.24. The highest BCUT2D eigenvalue weighted by Gasteiger charge is 2.29. The third-order valence-corrected chi connectivity index (χ3v) is 6.36. The van der Waals surface area contributed by atoms with Gasteiger partial charge in [0.05, 0.1) is 42.6 Å². The number of nitrogens with zero attached hydrogens (tertiary/aromatic N) is 2. The Morgan fingerprint density at radius 3 is 2.80 bits per heavy atom. The van der Waals surface area contributed by atoms with Crippen LogP contribution in [0.25, 0.3) is 10.2 Å². The van der Waals surface area contributed by atoms with Crippen LogP contribution < -0.4 is 14.4 Å². The van der Waals surface area contributed by atoms with E-state index in [1.54, 1.807) is 37.3 Å². The zero-order valence-corrected chi connectivity index (χ0v) is 18.5. The Morgan fingerprint density at radius 1 is 1.27 bits per heavy atom. The fourth-order valence-electron chi connectivity index (χ4n) is 3.92. The van der Waals surface area contributed by atoms with Gasteiger partial charge in [0.25, 0.3) is 5.91 Å². The smallest absolute Gasteiger partial charge is 0.264 e. The Bertz CT molecular complexity index is 1070. The van der Waals surface area contributed by atoms with Gasteiger partial charge in [-0.25, -0.2) is 4.98 Å². The first-order valence-corrected chi connectivity index (χ1v) is 10.9. The molecule has 0 aliphatic carbocycles. The van der Waals surface area contributed by atoms with Gasteiger partial charge >= 0.3 is 0 Å². The molecule has 2 aromatic carbocycles. The van der Waals surface area contributed by atoms with Crippen LogP contribution in [0.4, 0.5) is 5.13 Å². The quantitative estimate of drug-likeness (QED) is 0.569. The van der Waals surface area contributed by atoms with E-state index in [4.69, 9.17) is 19.2 Å². The monoisotopic (exact) mass is 426 g/mol. The highest BCUT2D eigenvalue weighted by molar-refractivity contribution is 7.22. The Morgan fingerprint density at radius 2 is 2.10 bits per heavy atom. The third-order valence-electron chi connectivity index (χ3n) is 5.34. The van der Waals surface area contributed by atoms with Gasteiger partial charge in [-0.2, -0.15) is 0 Å². The van der Waals surface area contributed by atoms with Crippen LogP contribution in [-0.4, -0.2) is 44.4 Å². The second kappa shape index (κ2) is 8.62. The van der Waals surface area contributed by atoms with E-state index >= 15 is 0 Å². The molecule has 1 aliphatic rings. The van der Waals surface area contributed by atoms with E-state index in [2.05, 4.69) is 26.0 Å². The van der Waals surface area contributed by atoms with Gasteiger partial charge in [-0.05, 0) is 56.0 Å². The van der Waals surface area contributed by atoms with Crippen LogP contribution in [0.3, 0.4) is 0 Å². The summed E-state index contributed by atoms with van der Waals surface area (Å²) >= 11 is 1.53. The number of aryl methyl sites for hydroxylation is 2. The predicted octanol–water partition coefficient (Wildman–Crippen LogP) is 4.76. The summed E-state index contributed by atoms with van der Waals surface area (Å²) in [6.07, 6.45) is 1.94. The third kappa shape index (κ3) is 3.87. The van der Waals surface area contributed by atoms with Crippen molar-refractivity contribution in [3.05, 3.63) is 47.0 Å². The van der Waals surface area contributed by atoms with Crippen molar-refractivity contribution in [1.29, 1.82) is 0 Å². The number of amides is 1. The summed E-state index contributed by atoms with van der Waals surface area (Å²) in [6, 6.07) is 9.57. The first-order chi connectivity index (χ1) is 14.5. The number of benzene rings is 2. The van der Waals surface area contributed by atoms with Crippen molar-refractivity contribution in [2.24, 2.45) is 0 Å². The van der Waals surface area contributed by atoms with Gasteiger partial charge in [-0.1, -0.05) is 23.5 Å². The highest BCUT2D eigenvalue weighted by atomic mass is 32.1. The molecule has 6 nitrogen and oxygen atoms in total. The first kappa shape index (κ1) is 20.6. The second-order valence-corrected chi connectivity index (χ2v) is 8.53. The lowest BCUT2D eigenvalue weighted by molar-refractivity contribution is 0.0914. The maximum atomic E-state index is 13.7. The van der Waals surface area contributed by atoms with Crippen molar-refractivity contribution in [3.63, 3.8) is 0 Å². The van der Waals surface area contributed by atoms with Crippen molar-refractivity contribution >= 4 is 32.6 Å². The SMILES string of the molecule is COc1cccc(C(=O)N(CC2CCCO2)c2nc3c(C)cc(C)cc3s2)c1OC. The molecule has 0 bridgehead atoms. The molecule has 7 heteroatoms. The molecule has 1 atom stereocenters. The number of hydrogen-bond acceptors (Lipinski definition) is 6. The van der Waals surface area contributed by atoms with Crippen molar-refractivity contribution in [3.8, 4) is 11.5 Å². The zero-order chi connectivity index (χ0) is 21.3. The van der Waals surface area contributed by atoms with E-state index in [0.29, 0.717) is 28.7 Å². The number of fused-ring (bicyclic) bond motifs is 1. The summed E-state index contributed by atoms with van der Waals surface area (Å²) in [5.74, 6) is 0.779. The number of thiazole rings is 1. The molecule has 1 unspecified atom stereocenters. The normalized spacial score (nSPS) is 16.1. The molecule has 1 saturated heterocycles. The Kier molecular flexibility index (Phi) is 5.92. The van der Waals surface area contributed by atoms with Gasteiger partial charge < -0.3 is 14.2 Å². The number of carbonyl (C=O) groups excluding carboxylic acids is 1. The Balaban J connectivity index is 1.79. The van der Waals surface area contributed by atoms with E-state index in [1.807, 2.05) is 0 Å². The van der Waals surface area contributed by atoms with Crippen LogP contribution in [0.5, 0.6) is 11.5 Å². The number of carbonyl (C=O) groups is 1. The van der Waals surface area contributed by atoms with Gasteiger partial charge in [0.1, 0.15) is 0 Å².